The zero-order chi connectivity index (χ0) is 12.2. The van der Waals surface area contributed by atoms with Crippen molar-refractivity contribution in [3.8, 4) is 10.4 Å². The lowest BCUT2D eigenvalue weighted by Gasteiger charge is -1.96. The Bertz CT molecular complexity index is 702. The highest BCUT2D eigenvalue weighted by molar-refractivity contribution is 7.20. The lowest BCUT2D eigenvalue weighted by Crippen LogP contribution is -1.92. The Morgan fingerprint density at radius 2 is 2.00 bits per heavy atom. The van der Waals surface area contributed by atoms with Crippen molar-refractivity contribution in [2.24, 2.45) is 7.05 Å². The van der Waals surface area contributed by atoms with E-state index in [0.717, 1.165) is 5.69 Å². The van der Waals surface area contributed by atoms with Gasteiger partial charge in [0.2, 0.25) is 0 Å². The topological polar surface area (TPSA) is 35.1 Å². The van der Waals surface area contributed by atoms with Gasteiger partial charge in [-0.2, -0.15) is 10.2 Å². The molecule has 3 rings (SSSR count). The molecule has 0 N–H and O–H groups in total. The van der Waals surface area contributed by atoms with Crippen LogP contribution in [0.1, 0.15) is 17.0 Å². The van der Waals surface area contributed by atoms with E-state index in [1.165, 1.54) is 26.5 Å². The summed E-state index contributed by atoms with van der Waals surface area (Å²) in [4.78, 5) is 2.45. The Morgan fingerprint density at radius 3 is 2.59 bits per heavy atom. The van der Waals surface area contributed by atoms with E-state index < -0.39 is 0 Å². The fourth-order valence-corrected chi connectivity index (χ4v) is 3.31. The van der Waals surface area contributed by atoms with Crippen LogP contribution in [0.5, 0.6) is 0 Å². The van der Waals surface area contributed by atoms with E-state index in [1.807, 2.05) is 22.4 Å². The van der Waals surface area contributed by atoms with Crippen LogP contribution in [0.3, 0.4) is 0 Å². The minimum absolute atomic E-state index is 1.08. The fraction of sp³-hybridized carbons (Fsp3) is 0.333. The summed E-state index contributed by atoms with van der Waals surface area (Å²) in [6.45, 7) is 6.24. The molecular formula is C12H14N4S. The average molecular weight is 246 g/mol. The van der Waals surface area contributed by atoms with Crippen molar-refractivity contribution in [3.63, 3.8) is 0 Å². The molecule has 0 saturated carbocycles. The van der Waals surface area contributed by atoms with E-state index >= 15 is 0 Å². The van der Waals surface area contributed by atoms with Crippen LogP contribution in [0.2, 0.25) is 0 Å². The molecular weight excluding hydrogens is 232 g/mol. The number of hydrogen-bond acceptors (Lipinski definition) is 3. The zero-order valence-electron chi connectivity index (χ0n) is 10.4. The van der Waals surface area contributed by atoms with E-state index in [1.54, 1.807) is 11.3 Å². The molecule has 4 nitrogen and oxygen atoms in total. The second-order valence-electron chi connectivity index (χ2n) is 4.34. The smallest absolute Gasteiger partial charge is 0.122 e. The molecule has 0 saturated heterocycles. The molecule has 0 unspecified atom stereocenters. The van der Waals surface area contributed by atoms with E-state index in [0.29, 0.717) is 0 Å². The van der Waals surface area contributed by atoms with Gasteiger partial charge in [0, 0.05) is 30.1 Å². The van der Waals surface area contributed by atoms with Crippen molar-refractivity contribution in [1.29, 1.82) is 0 Å². The van der Waals surface area contributed by atoms with Gasteiger partial charge < -0.3 is 0 Å². The fourth-order valence-electron chi connectivity index (χ4n) is 2.14. The van der Waals surface area contributed by atoms with E-state index in [9.17, 15) is 0 Å². The van der Waals surface area contributed by atoms with Crippen molar-refractivity contribution in [2.45, 2.75) is 20.8 Å². The quantitative estimate of drug-likeness (QED) is 0.661. The van der Waals surface area contributed by atoms with Gasteiger partial charge in [0.25, 0.3) is 0 Å². The van der Waals surface area contributed by atoms with Crippen molar-refractivity contribution < 1.29 is 0 Å². The minimum Gasteiger partial charge on any atom is -0.272 e. The summed E-state index contributed by atoms with van der Waals surface area (Å²) >= 11 is 1.77. The summed E-state index contributed by atoms with van der Waals surface area (Å²) in [5.41, 5.74) is 4.74. The Hall–Kier alpha value is -1.62. The first-order valence-electron chi connectivity index (χ1n) is 5.52. The summed E-state index contributed by atoms with van der Waals surface area (Å²) in [7, 11) is 1.98. The van der Waals surface area contributed by atoms with Gasteiger partial charge in [0.15, 0.2) is 0 Å². The average Bonchev–Trinajstić information content (AvgIpc) is 2.87. The molecule has 3 heterocycles. The maximum Gasteiger partial charge on any atom is 0.122 e. The highest BCUT2D eigenvalue weighted by Crippen LogP contribution is 2.33. The lowest BCUT2D eigenvalue weighted by atomic mass is 10.2. The van der Waals surface area contributed by atoms with Gasteiger partial charge in [-0.25, -0.2) is 4.52 Å². The van der Waals surface area contributed by atoms with Crippen molar-refractivity contribution in [3.05, 3.63) is 29.3 Å². The number of aryl methyl sites for hydroxylation is 3. The summed E-state index contributed by atoms with van der Waals surface area (Å²) < 4.78 is 3.88. The predicted octanol–water partition coefficient (Wildman–Crippen LogP) is 2.72. The van der Waals surface area contributed by atoms with E-state index in [-0.39, 0.29) is 0 Å². The summed E-state index contributed by atoms with van der Waals surface area (Å²) in [6.07, 6.45) is 3.99. The molecule has 0 aliphatic carbocycles. The Balaban J connectivity index is 2.26. The number of fused-ring (bicyclic) bond motifs is 1. The van der Waals surface area contributed by atoms with Crippen LogP contribution in [-0.2, 0) is 7.05 Å². The molecule has 0 atom stereocenters. The number of aromatic nitrogens is 4. The SMILES string of the molecule is Cc1nn(C)c(C)c1-c1cn2ncc(C)c2s1. The molecule has 0 aliphatic heterocycles. The third-order valence-electron chi connectivity index (χ3n) is 3.12. The first-order chi connectivity index (χ1) is 8.08. The van der Waals surface area contributed by atoms with Crippen molar-refractivity contribution in [2.75, 3.05) is 0 Å². The third-order valence-corrected chi connectivity index (χ3v) is 4.35. The standard InChI is InChI=1S/C12H14N4S/c1-7-5-13-16-6-10(17-12(7)16)11-8(2)14-15(4)9(11)3/h5-6H,1-4H3. The van der Waals surface area contributed by atoms with Crippen LogP contribution in [0.15, 0.2) is 12.4 Å². The molecule has 0 aromatic carbocycles. The predicted molar refractivity (Wildman–Crippen MR) is 69.5 cm³/mol. The van der Waals surface area contributed by atoms with Gasteiger partial charge in [0.05, 0.1) is 16.8 Å². The Labute approximate surface area is 104 Å². The number of nitrogens with zero attached hydrogens (tertiary/aromatic N) is 4. The van der Waals surface area contributed by atoms with E-state index in [2.05, 4.69) is 37.2 Å². The Kier molecular flexibility index (Phi) is 2.13. The molecule has 0 aliphatic rings. The van der Waals surface area contributed by atoms with Gasteiger partial charge in [0.1, 0.15) is 4.83 Å². The normalized spacial score (nSPS) is 11.5. The molecule has 5 heteroatoms. The first kappa shape index (κ1) is 10.5. The largest absolute Gasteiger partial charge is 0.272 e. The molecule has 3 aromatic heterocycles. The molecule has 0 bridgehead atoms. The van der Waals surface area contributed by atoms with Crippen molar-refractivity contribution >= 4 is 16.2 Å². The maximum atomic E-state index is 4.46. The highest BCUT2D eigenvalue weighted by Gasteiger charge is 2.15. The van der Waals surface area contributed by atoms with Crippen LogP contribution in [-0.4, -0.2) is 19.4 Å². The second-order valence-corrected chi connectivity index (χ2v) is 5.37. The first-order valence-corrected chi connectivity index (χ1v) is 6.34. The highest BCUT2D eigenvalue weighted by atomic mass is 32.1. The van der Waals surface area contributed by atoms with Crippen LogP contribution in [0.4, 0.5) is 0 Å². The van der Waals surface area contributed by atoms with Gasteiger partial charge in [-0.05, 0) is 20.8 Å². The van der Waals surface area contributed by atoms with Crippen LogP contribution in [0.25, 0.3) is 15.3 Å². The maximum absolute atomic E-state index is 4.46. The molecule has 3 aromatic rings. The van der Waals surface area contributed by atoms with Gasteiger partial charge in [-0.1, -0.05) is 0 Å². The third kappa shape index (κ3) is 1.42. The molecule has 88 valence electrons. The monoisotopic (exact) mass is 246 g/mol. The van der Waals surface area contributed by atoms with Crippen LogP contribution >= 0.6 is 11.3 Å². The van der Waals surface area contributed by atoms with Crippen molar-refractivity contribution in [1.82, 2.24) is 19.4 Å². The molecule has 17 heavy (non-hydrogen) atoms. The van der Waals surface area contributed by atoms with Crippen LogP contribution < -0.4 is 0 Å². The van der Waals surface area contributed by atoms with Gasteiger partial charge in [-0.3, -0.25) is 4.68 Å². The van der Waals surface area contributed by atoms with Gasteiger partial charge >= 0.3 is 0 Å². The van der Waals surface area contributed by atoms with E-state index in [4.69, 9.17) is 0 Å². The minimum atomic E-state index is 1.08. The molecule has 0 fully saturated rings. The lowest BCUT2D eigenvalue weighted by molar-refractivity contribution is 0.731. The summed E-state index contributed by atoms with van der Waals surface area (Å²) in [6, 6.07) is 0. The number of hydrogen-bond donors (Lipinski definition) is 0. The Morgan fingerprint density at radius 1 is 1.24 bits per heavy atom. The second kappa shape index (κ2) is 3.43. The number of rotatable bonds is 1. The molecule has 0 amide bonds. The van der Waals surface area contributed by atoms with Crippen LogP contribution in [0, 0.1) is 20.8 Å². The molecule has 0 spiro atoms. The summed E-state index contributed by atoms with van der Waals surface area (Å²) in [5, 5.41) is 8.79. The van der Waals surface area contributed by atoms with Gasteiger partial charge in [-0.15, -0.1) is 11.3 Å². The number of thiazole rings is 1. The molecule has 0 radical (unpaired) electrons. The zero-order valence-corrected chi connectivity index (χ0v) is 11.2. The summed E-state index contributed by atoms with van der Waals surface area (Å²) in [5.74, 6) is 0.